The number of carbonyl (C=O) groups is 1. The number of nitrogens with zero attached hydrogens (tertiary/aromatic N) is 2. The lowest BCUT2D eigenvalue weighted by atomic mass is 10.1. The molecule has 0 radical (unpaired) electrons. The van der Waals surface area contributed by atoms with E-state index in [9.17, 15) is 9.18 Å². The summed E-state index contributed by atoms with van der Waals surface area (Å²) in [6.07, 6.45) is 0. The van der Waals surface area contributed by atoms with E-state index in [1.807, 2.05) is 4.90 Å². The van der Waals surface area contributed by atoms with Gasteiger partial charge in [-0.05, 0) is 18.2 Å². The SMILES string of the molecule is O=C(CN1CCNCC1)c1ccc(N2CCNCC2)c(F)c1. The number of benzene rings is 1. The van der Waals surface area contributed by atoms with Crippen molar-refractivity contribution in [3.63, 3.8) is 0 Å². The molecule has 2 fully saturated rings. The van der Waals surface area contributed by atoms with Gasteiger partial charge in [-0.25, -0.2) is 4.39 Å². The van der Waals surface area contributed by atoms with Gasteiger partial charge in [-0.3, -0.25) is 9.69 Å². The standard InChI is InChI=1S/C16H23FN4O/c17-14-11-13(16(22)12-20-7-3-18-4-8-20)1-2-15(14)21-9-5-19-6-10-21/h1-2,11,18-19H,3-10,12H2. The Hall–Kier alpha value is -1.50. The summed E-state index contributed by atoms with van der Waals surface area (Å²) in [4.78, 5) is 16.4. The minimum absolute atomic E-state index is 0.00680. The molecule has 0 amide bonds. The Balaban J connectivity index is 1.66. The molecule has 0 saturated carbocycles. The van der Waals surface area contributed by atoms with Gasteiger partial charge in [-0.1, -0.05) is 0 Å². The van der Waals surface area contributed by atoms with Crippen LogP contribution in [0.1, 0.15) is 10.4 Å². The van der Waals surface area contributed by atoms with Gasteiger partial charge in [-0.2, -0.15) is 0 Å². The second kappa shape index (κ2) is 7.17. The number of rotatable bonds is 4. The van der Waals surface area contributed by atoms with Crippen molar-refractivity contribution < 1.29 is 9.18 Å². The van der Waals surface area contributed by atoms with Crippen LogP contribution in [-0.4, -0.2) is 69.6 Å². The monoisotopic (exact) mass is 306 g/mol. The summed E-state index contributed by atoms with van der Waals surface area (Å²) in [5.74, 6) is -0.305. The van der Waals surface area contributed by atoms with E-state index in [2.05, 4.69) is 15.5 Å². The molecule has 0 atom stereocenters. The molecule has 0 unspecified atom stereocenters. The molecule has 22 heavy (non-hydrogen) atoms. The zero-order valence-corrected chi connectivity index (χ0v) is 12.8. The van der Waals surface area contributed by atoms with Crippen molar-refractivity contribution in [1.82, 2.24) is 15.5 Å². The molecule has 0 bridgehead atoms. The molecule has 5 nitrogen and oxygen atoms in total. The summed E-state index contributed by atoms with van der Waals surface area (Å²) >= 11 is 0. The van der Waals surface area contributed by atoms with Gasteiger partial charge >= 0.3 is 0 Å². The number of ketones is 1. The normalized spacial score (nSPS) is 20.1. The number of piperazine rings is 2. The zero-order chi connectivity index (χ0) is 15.4. The lowest BCUT2D eigenvalue weighted by Crippen LogP contribution is -2.45. The van der Waals surface area contributed by atoms with Gasteiger partial charge in [0.1, 0.15) is 5.82 Å². The van der Waals surface area contributed by atoms with Gasteiger partial charge < -0.3 is 15.5 Å². The van der Waals surface area contributed by atoms with Crippen LogP contribution < -0.4 is 15.5 Å². The van der Waals surface area contributed by atoms with E-state index >= 15 is 0 Å². The summed E-state index contributed by atoms with van der Waals surface area (Å²) in [6.45, 7) is 7.24. The molecular weight excluding hydrogens is 283 g/mol. The molecule has 3 rings (SSSR count). The van der Waals surface area contributed by atoms with Crippen LogP contribution in [0.25, 0.3) is 0 Å². The van der Waals surface area contributed by atoms with Crippen LogP contribution in [0.15, 0.2) is 18.2 Å². The number of Topliss-reactive ketones (excluding diaryl/α,β-unsaturated/α-hetero) is 1. The minimum Gasteiger partial charge on any atom is -0.367 e. The molecule has 0 aromatic heterocycles. The summed E-state index contributed by atoms with van der Waals surface area (Å²) in [7, 11) is 0. The fraction of sp³-hybridized carbons (Fsp3) is 0.562. The first-order valence-corrected chi connectivity index (χ1v) is 7.95. The van der Waals surface area contributed by atoms with Crippen molar-refractivity contribution in [3.05, 3.63) is 29.6 Å². The van der Waals surface area contributed by atoms with Gasteiger partial charge in [0, 0.05) is 57.9 Å². The van der Waals surface area contributed by atoms with E-state index in [0.29, 0.717) is 17.8 Å². The molecule has 1 aromatic rings. The van der Waals surface area contributed by atoms with Gasteiger partial charge in [-0.15, -0.1) is 0 Å². The minimum atomic E-state index is -0.298. The summed E-state index contributed by atoms with van der Waals surface area (Å²) < 4.78 is 14.3. The topological polar surface area (TPSA) is 47.6 Å². The zero-order valence-electron chi connectivity index (χ0n) is 12.8. The predicted octanol–water partition coefficient (Wildman–Crippen LogP) is 0.323. The molecule has 0 aliphatic carbocycles. The second-order valence-corrected chi connectivity index (χ2v) is 5.85. The molecular formula is C16H23FN4O. The maximum Gasteiger partial charge on any atom is 0.176 e. The number of hydrogen-bond donors (Lipinski definition) is 2. The van der Waals surface area contributed by atoms with E-state index in [0.717, 1.165) is 52.4 Å². The Labute approximate surface area is 130 Å². The van der Waals surface area contributed by atoms with Crippen LogP contribution in [0, 0.1) is 5.82 Å². The first-order chi connectivity index (χ1) is 10.7. The third-order valence-electron chi connectivity index (χ3n) is 4.30. The number of carbonyl (C=O) groups excluding carboxylic acids is 1. The van der Waals surface area contributed by atoms with Gasteiger partial charge in [0.25, 0.3) is 0 Å². The quantitative estimate of drug-likeness (QED) is 0.785. The first-order valence-electron chi connectivity index (χ1n) is 7.95. The van der Waals surface area contributed by atoms with E-state index in [4.69, 9.17) is 0 Å². The van der Waals surface area contributed by atoms with Crippen LogP contribution in [0.2, 0.25) is 0 Å². The van der Waals surface area contributed by atoms with Crippen LogP contribution in [-0.2, 0) is 0 Å². The Kier molecular flexibility index (Phi) is 5.02. The van der Waals surface area contributed by atoms with Gasteiger partial charge in [0.2, 0.25) is 0 Å². The van der Waals surface area contributed by atoms with Crippen molar-refractivity contribution >= 4 is 11.5 Å². The lowest BCUT2D eigenvalue weighted by molar-refractivity contribution is 0.0921. The highest BCUT2D eigenvalue weighted by molar-refractivity contribution is 5.98. The third-order valence-corrected chi connectivity index (χ3v) is 4.30. The Morgan fingerprint density at radius 2 is 1.68 bits per heavy atom. The number of nitrogens with one attached hydrogen (secondary N) is 2. The maximum atomic E-state index is 14.3. The molecule has 2 heterocycles. The smallest absolute Gasteiger partial charge is 0.176 e. The van der Waals surface area contributed by atoms with Crippen molar-refractivity contribution in [1.29, 1.82) is 0 Å². The number of halogens is 1. The van der Waals surface area contributed by atoms with Crippen molar-refractivity contribution in [2.45, 2.75) is 0 Å². The highest BCUT2D eigenvalue weighted by Gasteiger charge is 2.18. The molecule has 0 spiro atoms. The van der Waals surface area contributed by atoms with Crippen molar-refractivity contribution in [2.24, 2.45) is 0 Å². The largest absolute Gasteiger partial charge is 0.367 e. The first kappa shape index (κ1) is 15.4. The Morgan fingerprint density at radius 3 is 2.32 bits per heavy atom. The highest BCUT2D eigenvalue weighted by Crippen LogP contribution is 2.21. The lowest BCUT2D eigenvalue weighted by Gasteiger charge is -2.30. The number of hydrogen-bond acceptors (Lipinski definition) is 5. The fourth-order valence-electron chi connectivity index (χ4n) is 3.01. The van der Waals surface area contributed by atoms with Crippen molar-refractivity contribution in [2.75, 3.05) is 63.8 Å². The van der Waals surface area contributed by atoms with Crippen LogP contribution in [0.5, 0.6) is 0 Å². The maximum absolute atomic E-state index is 14.3. The fourth-order valence-corrected chi connectivity index (χ4v) is 3.01. The van der Waals surface area contributed by atoms with Crippen LogP contribution in [0.3, 0.4) is 0 Å². The predicted molar refractivity (Wildman–Crippen MR) is 85.1 cm³/mol. The van der Waals surface area contributed by atoms with Crippen LogP contribution >= 0.6 is 0 Å². The average Bonchev–Trinajstić information content (AvgIpc) is 2.56. The summed E-state index contributed by atoms with van der Waals surface area (Å²) in [5, 5.41) is 6.51. The molecule has 2 aliphatic rings. The van der Waals surface area contributed by atoms with E-state index < -0.39 is 0 Å². The molecule has 1 aromatic carbocycles. The highest BCUT2D eigenvalue weighted by atomic mass is 19.1. The third kappa shape index (κ3) is 3.63. The second-order valence-electron chi connectivity index (χ2n) is 5.85. The molecule has 2 N–H and O–H groups in total. The van der Waals surface area contributed by atoms with Crippen LogP contribution in [0.4, 0.5) is 10.1 Å². The number of anilines is 1. The average molecular weight is 306 g/mol. The van der Waals surface area contributed by atoms with Gasteiger partial charge in [0.05, 0.1) is 12.2 Å². The van der Waals surface area contributed by atoms with E-state index in [1.54, 1.807) is 12.1 Å². The van der Waals surface area contributed by atoms with E-state index in [-0.39, 0.29) is 11.6 Å². The molecule has 2 aliphatic heterocycles. The van der Waals surface area contributed by atoms with E-state index in [1.165, 1.54) is 6.07 Å². The molecule has 120 valence electrons. The summed E-state index contributed by atoms with van der Waals surface area (Å²) in [6, 6.07) is 4.89. The Bertz CT molecular complexity index is 525. The summed E-state index contributed by atoms with van der Waals surface area (Å²) in [5.41, 5.74) is 1.06. The van der Waals surface area contributed by atoms with Gasteiger partial charge in [0.15, 0.2) is 5.78 Å². The molecule has 2 saturated heterocycles. The molecule has 6 heteroatoms. The Morgan fingerprint density at radius 1 is 1.05 bits per heavy atom. The van der Waals surface area contributed by atoms with Crippen molar-refractivity contribution in [3.8, 4) is 0 Å².